The largest absolute Gasteiger partial charge is 0.509 e. The lowest BCUT2D eigenvalue weighted by Crippen LogP contribution is -2.33. The predicted molar refractivity (Wildman–Crippen MR) is 57.1 cm³/mol. The summed E-state index contributed by atoms with van der Waals surface area (Å²) in [6.45, 7) is -4.94. The molecule has 2 aromatic rings. The first-order chi connectivity index (χ1) is 6.97. The van der Waals surface area contributed by atoms with E-state index in [0.717, 1.165) is 17.5 Å². The van der Waals surface area contributed by atoms with Gasteiger partial charge in [-0.25, -0.2) is 0 Å². The number of anilines is 1. The lowest BCUT2D eigenvalue weighted by Gasteiger charge is -2.15. The lowest BCUT2D eigenvalue weighted by atomic mass is 9.79. The van der Waals surface area contributed by atoms with Crippen LogP contribution in [0, 0.1) is 0 Å². The van der Waals surface area contributed by atoms with Crippen LogP contribution in [-0.4, -0.2) is 6.98 Å². The molecular formula is C10H8BF3N-. The SMILES string of the molecule is Nc1ccc2ccc([B-](F)(F)F)cc2c1. The van der Waals surface area contributed by atoms with Crippen molar-refractivity contribution >= 4 is 28.9 Å². The lowest BCUT2D eigenvalue weighted by molar-refractivity contribution is 0.501. The number of halogens is 3. The molecule has 2 rings (SSSR count). The van der Waals surface area contributed by atoms with Gasteiger partial charge in [0, 0.05) is 5.69 Å². The van der Waals surface area contributed by atoms with Crippen molar-refractivity contribution in [2.45, 2.75) is 0 Å². The van der Waals surface area contributed by atoms with Gasteiger partial charge in [0.15, 0.2) is 0 Å². The third-order valence-electron chi connectivity index (χ3n) is 2.27. The normalized spacial score (nSPS) is 11.9. The van der Waals surface area contributed by atoms with Crippen LogP contribution in [0.3, 0.4) is 0 Å². The van der Waals surface area contributed by atoms with Crippen molar-refractivity contribution in [2.75, 3.05) is 5.73 Å². The quantitative estimate of drug-likeness (QED) is 0.567. The summed E-state index contributed by atoms with van der Waals surface area (Å²) in [6.07, 6.45) is 0. The Labute approximate surface area is 84.8 Å². The van der Waals surface area contributed by atoms with Gasteiger partial charge in [0.05, 0.1) is 0 Å². The summed E-state index contributed by atoms with van der Waals surface area (Å²) >= 11 is 0. The topological polar surface area (TPSA) is 26.0 Å². The third-order valence-corrected chi connectivity index (χ3v) is 2.27. The number of hydrogen-bond acceptors (Lipinski definition) is 1. The van der Waals surface area contributed by atoms with E-state index >= 15 is 0 Å². The zero-order valence-electron chi connectivity index (χ0n) is 7.75. The fourth-order valence-electron chi connectivity index (χ4n) is 1.49. The monoisotopic (exact) mass is 210 g/mol. The Balaban J connectivity index is 2.64. The van der Waals surface area contributed by atoms with Gasteiger partial charge in [0.2, 0.25) is 0 Å². The van der Waals surface area contributed by atoms with Crippen molar-refractivity contribution in [3.05, 3.63) is 36.4 Å². The zero-order chi connectivity index (χ0) is 11.1. The zero-order valence-corrected chi connectivity index (χ0v) is 7.75. The second-order valence-electron chi connectivity index (χ2n) is 3.44. The van der Waals surface area contributed by atoms with E-state index in [1.807, 2.05) is 0 Å². The molecule has 2 aromatic carbocycles. The first-order valence-corrected chi connectivity index (χ1v) is 4.46. The highest BCUT2D eigenvalue weighted by Crippen LogP contribution is 2.18. The van der Waals surface area contributed by atoms with Gasteiger partial charge in [0.25, 0.3) is 0 Å². The Morgan fingerprint density at radius 2 is 1.53 bits per heavy atom. The van der Waals surface area contributed by atoms with Gasteiger partial charge in [-0.2, -0.15) is 0 Å². The molecule has 0 aliphatic heterocycles. The van der Waals surface area contributed by atoms with Crippen molar-refractivity contribution in [1.82, 2.24) is 0 Å². The Bertz CT molecular complexity index is 507. The van der Waals surface area contributed by atoms with Gasteiger partial charge in [-0.05, 0) is 22.9 Å². The van der Waals surface area contributed by atoms with Crippen LogP contribution in [0.15, 0.2) is 36.4 Å². The van der Waals surface area contributed by atoms with E-state index in [4.69, 9.17) is 5.73 Å². The minimum absolute atomic E-state index is 0.467. The number of nitrogens with two attached hydrogens (primary N) is 1. The number of fused-ring (bicyclic) bond motifs is 1. The second-order valence-corrected chi connectivity index (χ2v) is 3.44. The first-order valence-electron chi connectivity index (χ1n) is 4.46. The van der Waals surface area contributed by atoms with Crippen molar-refractivity contribution in [3.63, 3.8) is 0 Å². The summed E-state index contributed by atoms with van der Waals surface area (Å²) in [6, 6.07) is 8.60. The molecule has 15 heavy (non-hydrogen) atoms. The molecular weight excluding hydrogens is 202 g/mol. The van der Waals surface area contributed by atoms with E-state index in [1.165, 1.54) is 6.07 Å². The minimum atomic E-state index is -4.94. The van der Waals surface area contributed by atoms with Gasteiger partial charge in [-0.3, -0.25) is 0 Å². The molecule has 0 unspecified atom stereocenters. The predicted octanol–water partition coefficient (Wildman–Crippen LogP) is 2.48. The third kappa shape index (κ3) is 1.91. The fraction of sp³-hybridized carbons (Fsp3) is 0. The number of hydrogen-bond donors (Lipinski definition) is 1. The van der Waals surface area contributed by atoms with E-state index in [1.54, 1.807) is 18.2 Å². The highest BCUT2D eigenvalue weighted by atomic mass is 19.4. The molecule has 0 bridgehead atoms. The summed E-state index contributed by atoms with van der Waals surface area (Å²) < 4.78 is 37.3. The Morgan fingerprint density at radius 1 is 0.867 bits per heavy atom. The molecule has 5 heteroatoms. The smallest absolute Gasteiger partial charge is 0.445 e. The summed E-state index contributed by atoms with van der Waals surface area (Å²) in [7, 11) is 0. The molecule has 0 fully saturated rings. The molecule has 0 radical (unpaired) electrons. The van der Waals surface area contributed by atoms with E-state index in [9.17, 15) is 12.9 Å². The second kappa shape index (κ2) is 3.19. The van der Waals surface area contributed by atoms with Gasteiger partial charge in [-0.15, -0.1) is 5.46 Å². The maximum absolute atomic E-state index is 12.4. The van der Waals surface area contributed by atoms with E-state index < -0.39 is 12.4 Å². The van der Waals surface area contributed by atoms with Crippen LogP contribution in [0.4, 0.5) is 18.6 Å². The number of benzene rings is 2. The first kappa shape index (κ1) is 9.89. The van der Waals surface area contributed by atoms with Crippen molar-refractivity contribution in [3.8, 4) is 0 Å². The molecule has 0 saturated carbocycles. The van der Waals surface area contributed by atoms with Crippen molar-refractivity contribution < 1.29 is 12.9 Å². The van der Waals surface area contributed by atoms with Crippen molar-refractivity contribution in [1.29, 1.82) is 0 Å². The number of nitrogen functional groups attached to an aromatic ring is 1. The van der Waals surface area contributed by atoms with Crippen LogP contribution < -0.4 is 11.2 Å². The van der Waals surface area contributed by atoms with Crippen LogP contribution in [-0.2, 0) is 0 Å². The van der Waals surface area contributed by atoms with Crippen LogP contribution >= 0.6 is 0 Å². The summed E-state index contributed by atoms with van der Waals surface area (Å²) in [5, 5.41) is 1.28. The fourth-order valence-corrected chi connectivity index (χ4v) is 1.49. The molecule has 0 aliphatic carbocycles. The van der Waals surface area contributed by atoms with Crippen molar-refractivity contribution in [2.24, 2.45) is 0 Å². The van der Waals surface area contributed by atoms with Gasteiger partial charge in [-0.1, -0.05) is 24.3 Å². The van der Waals surface area contributed by atoms with Crippen LogP contribution in [0.5, 0.6) is 0 Å². The molecule has 0 aromatic heterocycles. The molecule has 0 saturated heterocycles. The van der Waals surface area contributed by atoms with Crippen LogP contribution in [0.25, 0.3) is 10.8 Å². The molecule has 0 heterocycles. The minimum Gasteiger partial charge on any atom is -0.445 e. The highest BCUT2D eigenvalue weighted by Gasteiger charge is 2.25. The standard InChI is InChI=1S/C10H8BF3N/c12-11(13,14)9-3-1-7-2-4-10(15)6-8(7)5-9/h1-6H,15H2/q-1. The molecule has 78 valence electrons. The van der Waals surface area contributed by atoms with Crippen LogP contribution in [0.1, 0.15) is 0 Å². The molecule has 0 amide bonds. The summed E-state index contributed by atoms with van der Waals surface area (Å²) in [5.74, 6) is 0. The highest BCUT2D eigenvalue weighted by molar-refractivity contribution is 6.73. The Kier molecular flexibility index (Phi) is 2.10. The molecule has 0 aliphatic rings. The average Bonchev–Trinajstić information content (AvgIpc) is 2.15. The Hall–Kier alpha value is -1.65. The van der Waals surface area contributed by atoms with Crippen LogP contribution in [0.2, 0.25) is 0 Å². The molecule has 1 nitrogen and oxygen atoms in total. The summed E-state index contributed by atoms with van der Waals surface area (Å²) in [5.41, 5.74) is 5.38. The molecule has 0 spiro atoms. The van der Waals surface area contributed by atoms with E-state index in [2.05, 4.69) is 0 Å². The van der Waals surface area contributed by atoms with Gasteiger partial charge < -0.3 is 18.7 Å². The number of rotatable bonds is 1. The maximum Gasteiger partial charge on any atom is 0.509 e. The van der Waals surface area contributed by atoms with E-state index in [-0.39, 0.29) is 0 Å². The molecule has 0 atom stereocenters. The maximum atomic E-state index is 12.4. The van der Waals surface area contributed by atoms with E-state index in [0.29, 0.717) is 11.1 Å². The molecule has 2 N–H and O–H groups in total. The Morgan fingerprint density at radius 3 is 2.20 bits per heavy atom. The summed E-state index contributed by atoms with van der Waals surface area (Å²) in [4.78, 5) is 0. The van der Waals surface area contributed by atoms with Gasteiger partial charge >= 0.3 is 6.98 Å². The van der Waals surface area contributed by atoms with Gasteiger partial charge in [0.1, 0.15) is 0 Å². The average molecular weight is 210 g/mol.